The monoisotopic (exact) mass is 299 g/mol. The van der Waals surface area contributed by atoms with Crippen molar-refractivity contribution in [2.75, 3.05) is 19.8 Å². The lowest BCUT2D eigenvalue weighted by Gasteiger charge is -2.08. The van der Waals surface area contributed by atoms with E-state index in [9.17, 15) is 0 Å². The van der Waals surface area contributed by atoms with E-state index in [-0.39, 0.29) is 18.0 Å². The zero-order chi connectivity index (χ0) is 15.9. The summed E-state index contributed by atoms with van der Waals surface area (Å²) < 4.78 is 16.3. The molecule has 0 spiro atoms. The van der Waals surface area contributed by atoms with Gasteiger partial charge < -0.3 is 14.2 Å². The normalized spacial score (nSPS) is 9.57. The number of nitrogens with zero attached hydrogens (tertiary/aromatic N) is 3. The van der Waals surface area contributed by atoms with E-state index < -0.39 is 0 Å². The van der Waals surface area contributed by atoms with E-state index in [1.807, 2.05) is 27.7 Å². The van der Waals surface area contributed by atoms with Crippen LogP contribution in [0.4, 0.5) is 0 Å². The minimum atomic E-state index is 0.259. The van der Waals surface area contributed by atoms with Crippen LogP contribution in [0.1, 0.15) is 60.3 Å². The first kappa shape index (κ1) is 19.4. The maximum atomic E-state index is 5.47. The summed E-state index contributed by atoms with van der Waals surface area (Å²) in [7, 11) is 0. The molecule has 1 heterocycles. The van der Waals surface area contributed by atoms with Crippen molar-refractivity contribution < 1.29 is 14.2 Å². The van der Waals surface area contributed by atoms with Gasteiger partial charge >= 0.3 is 18.0 Å². The molecule has 6 nitrogen and oxygen atoms in total. The van der Waals surface area contributed by atoms with E-state index in [0.717, 1.165) is 25.7 Å². The van der Waals surface area contributed by atoms with Crippen LogP contribution in [0.5, 0.6) is 18.0 Å². The zero-order valence-electron chi connectivity index (χ0n) is 14.0. The van der Waals surface area contributed by atoms with Crippen molar-refractivity contribution in [3.63, 3.8) is 0 Å². The number of rotatable bonds is 10. The Balaban J connectivity index is 0.00000191. The van der Waals surface area contributed by atoms with Crippen LogP contribution in [0, 0.1) is 0 Å². The van der Waals surface area contributed by atoms with Gasteiger partial charge in [-0.05, 0) is 19.3 Å². The summed E-state index contributed by atoms with van der Waals surface area (Å²) in [5.41, 5.74) is 0. The largest absolute Gasteiger partial charge is 0.463 e. The third-order valence-electron chi connectivity index (χ3n) is 2.17. The standard InChI is InChI=1S/C13H23N3O3.C2H6/c1-4-7-10-19-13-15-11(17-8-5-2)14-12(16-13)18-9-6-3;1-2/h4-10H2,1-3H3;1-2H3. The summed E-state index contributed by atoms with van der Waals surface area (Å²) in [4.78, 5) is 12.3. The molecule has 0 bridgehead atoms. The third-order valence-corrected chi connectivity index (χ3v) is 2.17. The van der Waals surface area contributed by atoms with Crippen LogP contribution in [0.3, 0.4) is 0 Å². The van der Waals surface area contributed by atoms with Crippen LogP contribution in [0.2, 0.25) is 0 Å². The SMILES string of the molecule is CC.CCCCOc1nc(OCCC)nc(OCCC)n1. The molecule has 0 atom stereocenters. The van der Waals surface area contributed by atoms with Crippen LogP contribution in [0.25, 0.3) is 0 Å². The van der Waals surface area contributed by atoms with Crippen molar-refractivity contribution in [2.45, 2.75) is 60.3 Å². The van der Waals surface area contributed by atoms with E-state index >= 15 is 0 Å². The lowest BCUT2D eigenvalue weighted by Crippen LogP contribution is -2.08. The second kappa shape index (κ2) is 13.4. The summed E-state index contributed by atoms with van der Waals surface area (Å²) in [6, 6.07) is 0.782. The molecule has 1 rings (SSSR count). The molecule has 0 amide bonds. The minimum absolute atomic E-state index is 0.259. The molecular formula is C15H29N3O3. The Morgan fingerprint density at radius 1 is 0.619 bits per heavy atom. The van der Waals surface area contributed by atoms with Gasteiger partial charge in [-0.25, -0.2) is 0 Å². The maximum absolute atomic E-state index is 5.47. The van der Waals surface area contributed by atoms with Gasteiger partial charge in [-0.15, -0.1) is 15.0 Å². The van der Waals surface area contributed by atoms with Gasteiger partial charge in [-0.2, -0.15) is 0 Å². The molecule has 0 saturated carbocycles. The smallest absolute Gasteiger partial charge is 0.325 e. The summed E-state index contributed by atoms with van der Waals surface area (Å²) >= 11 is 0. The predicted octanol–water partition coefficient (Wildman–Crippen LogP) is 3.65. The highest BCUT2D eigenvalue weighted by Gasteiger charge is 2.09. The van der Waals surface area contributed by atoms with Gasteiger partial charge in [0, 0.05) is 0 Å². The van der Waals surface area contributed by atoms with Crippen LogP contribution >= 0.6 is 0 Å². The lowest BCUT2D eigenvalue weighted by atomic mass is 10.4. The van der Waals surface area contributed by atoms with Gasteiger partial charge in [0.2, 0.25) is 0 Å². The fourth-order valence-corrected chi connectivity index (χ4v) is 1.21. The molecule has 0 aliphatic heterocycles. The Bertz CT molecular complexity index is 336. The van der Waals surface area contributed by atoms with E-state index in [0.29, 0.717) is 19.8 Å². The minimum Gasteiger partial charge on any atom is -0.463 e. The number of ether oxygens (including phenoxy) is 3. The number of hydrogen-bond donors (Lipinski definition) is 0. The Morgan fingerprint density at radius 2 is 1.00 bits per heavy atom. The van der Waals surface area contributed by atoms with Crippen molar-refractivity contribution in [2.24, 2.45) is 0 Å². The van der Waals surface area contributed by atoms with Crippen LogP contribution < -0.4 is 14.2 Å². The molecule has 0 radical (unpaired) electrons. The van der Waals surface area contributed by atoms with E-state index in [4.69, 9.17) is 14.2 Å². The molecule has 0 aliphatic rings. The second-order valence-electron chi connectivity index (χ2n) is 4.08. The highest BCUT2D eigenvalue weighted by molar-refractivity contribution is 5.08. The Morgan fingerprint density at radius 3 is 1.33 bits per heavy atom. The summed E-state index contributed by atoms with van der Waals surface area (Å²) in [6.07, 6.45) is 3.80. The summed E-state index contributed by atoms with van der Waals surface area (Å²) in [5, 5.41) is 0. The molecule has 1 aromatic rings. The molecule has 21 heavy (non-hydrogen) atoms. The van der Waals surface area contributed by atoms with Crippen LogP contribution in [0.15, 0.2) is 0 Å². The molecule has 0 N–H and O–H groups in total. The van der Waals surface area contributed by atoms with Gasteiger partial charge in [-0.3, -0.25) is 0 Å². The van der Waals surface area contributed by atoms with E-state index in [1.165, 1.54) is 0 Å². The fourth-order valence-electron chi connectivity index (χ4n) is 1.21. The molecule has 1 aromatic heterocycles. The summed E-state index contributed by atoms with van der Waals surface area (Å²) in [6.45, 7) is 11.9. The first-order valence-electron chi connectivity index (χ1n) is 7.94. The molecule has 0 unspecified atom stereocenters. The highest BCUT2D eigenvalue weighted by atomic mass is 16.5. The summed E-state index contributed by atoms with van der Waals surface area (Å²) in [5.74, 6) is 0. The topological polar surface area (TPSA) is 66.4 Å². The number of unbranched alkanes of at least 4 members (excludes halogenated alkanes) is 1. The van der Waals surface area contributed by atoms with Crippen molar-refractivity contribution in [3.8, 4) is 18.0 Å². The first-order chi connectivity index (χ1) is 10.3. The number of hydrogen-bond acceptors (Lipinski definition) is 6. The van der Waals surface area contributed by atoms with Gasteiger partial charge in [0.05, 0.1) is 19.8 Å². The maximum Gasteiger partial charge on any atom is 0.325 e. The molecule has 6 heteroatoms. The van der Waals surface area contributed by atoms with E-state index in [1.54, 1.807) is 0 Å². The highest BCUT2D eigenvalue weighted by Crippen LogP contribution is 2.15. The molecule has 122 valence electrons. The van der Waals surface area contributed by atoms with Crippen molar-refractivity contribution in [1.29, 1.82) is 0 Å². The quantitative estimate of drug-likeness (QED) is 0.614. The lowest BCUT2D eigenvalue weighted by molar-refractivity contribution is 0.233. The van der Waals surface area contributed by atoms with Crippen molar-refractivity contribution in [3.05, 3.63) is 0 Å². The molecule has 0 aromatic carbocycles. The van der Waals surface area contributed by atoms with Crippen LogP contribution in [-0.2, 0) is 0 Å². The zero-order valence-corrected chi connectivity index (χ0v) is 14.0. The van der Waals surface area contributed by atoms with Crippen molar-refractivity contribution >= 4 is 0 Å². The second-order valence-corrected chi connectivity index (χ2v) is 4.08. The molecule has 0 aliphatic carbocycles. The third kappa shape index (κ3) is 9.05. The predicted molar refractivity (Wildman–Crippen MR) is 83.2 cm³/mol. The van der Waals surface area contributed by atoms with E-state index in [2.05, 4.69) is 21.9 Å². The fraction of sp³-hybridized carbons (Fsp3) is 0.800. The molecule has 0 saturated heterocycles. The molecular weight excluding hydrogens is 270 g/mol. The average molecular weight is 299 g/mol. The Kier molecular flexibility index (Phi) is 12.4. The Labute approximate surface area is 128 Å². The first-order valence-corrected chi connectivity index (χ1v) is 7.94. The average Bonchev–Trinajstić information content (AvgIpc) is 2.53. The van der Waals surface area contributed by atoms with Gasteiger partial charge in [0.1, 0.15) is 0 Å². The van der Waals surface area contributed by atoms with Crippen LogP contribution in [-0.4, -0.2) is 34.8 Å². The van der Waals surface area contributed by atoms with Gasteiger partial charge in [0.15, 0.2) is 0 Å². The van der Waals surface area contributed by atoms with Crippen molar-refractivity contribution in [1.82, 2.24) is 15.0 Å². The Hall–Kier alpha value is -1.59. The van der Waals surface area contributed by atoms with Gasteiger partial charge in [-0.1, -0.05) is 41.0 Å². The molecule has 0 fully saturated rings. The van der Waals surface area contributed by atoms with Gasteiger partial charge in [0.25, 0.3) is 0 Å². The number of aromatic nitrogens is 3.